The summed E-state index contributed by atoms with van der Waals surface area (Å²) in [7, 11) is 0. The van der Waals surface area contributed by atoms with Gasteiger partial charge in [0.1, 0.15) is 0 Å². The zero-order chi connectivity index (χ0) is 8.85. The van der Waals surface area contributed by atoms with Gasteiger partial charge < -0.3 is 16.3 Å². The van der Waals surface area contributed by atoms with E-state index in [-0.39, 0.29) is 0 Å². The molecule has 62 valence electrons. The fourth-order valence-electron chi connectivity index (χ4n) is 0.198. The lowest BCUT2D eigenvalue weighted by molar-refractivity contribution is -0.122. The molecule has 0 saturated carbocycles. The third kappa shape index (κ3) is 5.16. The molecule has 0 unspecified atom stereocenters. The zero-order valence-corrected chi connectivity index (χ0v) is 6.17. The van der Waals surface area contributed by atoms with Crippen molar-refractivity contribution >= 4 is 28.6 Å². The second-order valence-electron chi connectivity index (χ2n) is 1.49. The summed E-state index contributed by atoms with van der Waals surface area (Å²) in [5, 5.41) is 2.43. The molecular formula is C4H6ClN3O3. The average Bonchev–Trinajstić information content (AvgIpc) is 1.86. The van der Waals surface area contributed by atoms with Crippen LogP contribution >= 0.6 is 11.6 Å². The lowest BCUT2D eigenvalue weighted by Gasteiger charge is -1.93. The molecule has 11 heavy (non-hydrogen) atoms. The predicted octanol–water partition coefficient (Wildman–Crippen LogP) is -1.47. The van der Waals surface area contributed by atoms with Gasteiger partial charge in [-0.05, 0) is 0 Å². The third-order valence-corrected chi connectivity index (χ3v) is 0.810. The number of hydrogen-bond donors (Lipinski definition) is 2. The largest absolute Gasteiger partial charge is 0.384 e. The summed E-state index contributed by atoms with van der Waals surface area (Å²) in [5.41, 5.74) is 9.32. The van der Waals surface area contributed by atoms with E-state index >= 15 is 0 Å². The molecule has 0 atom stereocenters. The first-order valence-corrected chi connectivity index (χ1v) is 2.85. The van der Waals surface area contributed by atoms with Crippen molar-refractivity contribution in [2.24, 2.45) is 16.6 Å². The van der Waals surface area contributed by atoms with Crippen LogP contribution in [0.15, 0.2) is 5.16 Å². The van der Waals surface area contributed by atoms with Crippen molar-refractivity contribution in [2.75, 3.05) is 6.61 Å². The van der Waals surface area contributed by atoms with Gasteiger partial charge in [-0.15, -0.1) is 0 Å². The minimum Gasteiger partial charge on any atom is -0.384 e. The van der Waals surface area contributed by atoms with Gasteiger partial charge in [0.15, 0.2) is 6.61 Å². The van der Waals surface area contributed by atoms with Crippen LogP contribution in [0.25, 0.3) is 0 Å². The van der Waals surface area contributed by atoms with Crippen LogP contribution in [0, 0.1) is 0 Å². The molecule has 0 radical (unpaired) electrons. The van der Waals surface area contributed by atoms with Crippen molar-refractivity contribution in [3.63, 3.8) is 0 Å². The number of primary amides is 2. The SMILES string of the molecule is NC(=O)CON=C(Cl)C(N)=O. The highest BCUT2D eigenvalue weighted by Crippen LogP contribution is 1.85. The van der Waals surface area contributed by atoms with Crippen molar-refractivity contribution in [3.8, 4) is 0 Å². The highest BCUT2D eigenvalue weighted by molar-refractivity contribution is 6.82. The number of hydrogen-bond acceptors (Lipinski definition) is 4. The number of rotatable bonds is 4. The van der Waals surface area contributed by atoms with E-state index in [1.807, 2.05) is 0 Å². The first-order chi connectivity index (χ1) is 5.04. The van der Waals surface area contributed by atoms with Gasteiger partial charge in [-0.2, -0.15) is 0 Å². The van der Waals surface area contributed by atoms with E-state index in [1.165, 1.54) is 0 Å². The number of carbonyl (C=O) groups is 2. The maximum absolute atomic E-state index is 10.1. The molecule has 0 fully saturated rings. The molecule has 0 aliphatic heterocycles. The highest BCUT2D eigenvalue weighted by atomic mass is 35.5. The molecule has 2 amide bonds. The van der Waals surface area contributed by atoms with Crippen LogP contribution in [-0.4, -0.2) is 23.6 Å². The van der Waals surface area contributed by atoms with Gasteiger partial charge in [0.2, 0.25) is 5.17 Å². The van der Waals surface area contributed by atoms with E-state index in [1.54, 1.807) is 0 Å². The first kappa shape index (κ1) is 9.70. The Balaban J connectivity index is 3.74. The fraction of sp³-hybridized carbons (Fsp3) is 0.250. The van der Waals surface area contributed by atoms with Crippen molar-refractivity contribution in [1.82, 2.24) is 0 Å². The first-order valence-electron chi connectivity index (χ1n) is 2.47. The van der Waals surface area contributed by atoms with E-state index in [4.69, 9.17) is 11.6 Å². The Hall–Kier alpha value is -1.30. The molecular weight excluding hydrogens is 174 g/mol. The molecule has 0 aromatic rings. The second-order valence-corrected chi connectivity index (χ2v) is 1.84. The molecule has 0 saturated heterocycles. The molecule has 0 heterocycles. The average molecular weight is 180 g/mol. The van der Waals surface area contributed by atoms with Gasteiger partial charge in [0.05, 0.1) is 0 Å². The maximum Gasteiger partial charge on any atom is 0.282 e. The molecule has 0 aliphatic carbocycles. The van der Waals surface area contributed by atoms with Crippen molar-refractivity contribution in [2.45, 2.75) is 0 Å². The summed E-state index contributed by atoms with van der Waals surface area (Å²) in [5.74, 6) is -1.65. The van der Waals surface area contributed by atoms with Crippen molar-refractivity contribution in [1.29, 1.82) is 0 Å². The van der Waals surface area contributed by atoms with E-state index in [0.717, 1.165) is 0 Å². The highest BCUT2D eigenvalue weighted by Gasteiger charge is 2.02. The molecule has 0 aliphatic rings. The summed E-state index contributed by atoms with van der Waals surface area (Å²) in [4.78, 5) is 24.4. The van der Waals surface area contributed by atoms with Gasteiger partial charge in [-0.3, -0.25) is 9.59 Å². The van der Waals surface area contributed by atoms with Crippen molar-refractivity contribution in [3.05, 3.63) is 0 Å². The lowest BCUT2D eigenvalue weighted by atomic mass is 10.7. The van der Waals surface area contributed by atoms with Crippen LogP contribution < -0.4 is 11.5 Å². The monoisotopic (exact) mass is 179 g/mol. The number of nitrogens with two attached hydrogens (primary N) is 2. The summed E-state index contributed by atoms with van der Waals surface area (Å²) >= 11 is 5.10. The summed E-state index contributed by atoms with van der Waals surface area (Å²) in [6, 6.07) is 0. The Morgan fingerprint density at radius 2 is 2.00 bits per heavy atom. The van der Waals surface area contributed by atoms with Crippen LogP contribution in [-0.2, 0) is 14.4 Å². The number of carbonyl (C=O) groups excluding carboxylic acids is 2. The van der Waals surface area contributed by atoms with E-state index in [0.29, 0.717) is 0 Å². The number of nitrogens with zero attached hydrogens (tertiary/aromatic N) is 1. The Kier molecular flexibility index (Phi) is 3.97. The molecule has 0 bridgehead atoms. The lowest BCUT2D eigenvalue weighted by Crippen LogP contribution is -2.20. The van der Waals surface area contributed by atoms with E-state index < -0.39 is 23.6 Å². The van der Waals surface area contributed by atoms with Gasteiger partial charge in [0.25, 0.3) is 11.8 Å². The molecule has 0 spiro atoms. The van der Waals surface area contributed by atoms with Crippen LogP contribution in [0.4, 0.5) is 0 Å². The number of halogens is 1. The zero-order valence-electron chi connectivity index (χ0n) is 5.41. The Labute approximate surface area is 67.1 Å². The van der Waals surface area contributed by atoms with Crippen molar-refractivity contribution < 1.29 is 14.4 Å². The fourth-order valence-corrected chi connectivity index (χ4v) is 0.246. The molecule has 4 N–H and O–H groups in total. The minimum atomic E-state index is -0.934. The van der Waals surface area contributed by atoms with Gasteiger partial charge >= 0.3 is 0 Å². The standard InChI is InChI=1S/C4H6ClN3O3/c5-3(4(7)10)8-11-1-2(6)9/h1H2,(H2,6,9)(H2,7,10). The topological polar surface area (TPSA) is 108 Å². The van der Waals surface area contributed by atoms with Crippen LogP contribution in [0.2, 0.25) is 0 Å². The number of oxime groups is 1. The molecule has 0 aromatic heterocycles. The number of amides is 2. The quantitative estimate of drug-likeness (QED) is 0.406. The van der Waals surface area contributed by atoms with Crippen LogP contribution in [0.3, 0.4) is 0 Å². The summed E-state index contributed by atoms with van der Waals surface area (Å²) in [6.45, 7) is -0.441. The van der Waals surface area contributed by atoms with E-state index in [2.05, 4.69) is 21.5 Å². The molecule has 0 aromatic carbocycles. The normalized spacial score (nSPS) is 10.8. The second kappa shape index (κ2) is 4.51. The van der Waals surface area contributed by atoms with Gasteiger partial charge in [-0.1, -0.05) is 16.8 Å². The third-order valence-electron chi connectivity index (χ3n) is 0.555. The minimum absolute atomic E-state index is 0.441. The maximum atomic E-state index is 10.1. The molecule has 6 nitrogen and oxygen atoms in total. The smallest absolute Gasteiger partial charge is 0.282 e. The summed E-state index contributed by atoms with van der Waals surface area (Å²) in [6.07, 6.45) is 0. The Morgan fingerprint density at radius 3 is 2.36 bits per heavy atom. The predicted molar refractivity (Wildman–Crippen MR) is 37.6 cm³/mol. The van der Waals surface area contributed by atoms with Gasteiger partial charge in [-0.25, -0.2) is 0 Å². The Morgan fingerprint density at radius 1 is 1.45 bits per heavy atom. The van der Waals surface area contributed by atoms with Gasteiger partial charge in [0, 0.05) is 0 Å². The molecule has 7 heteroatoms. The summed E-state index contributed by atoms with van der Waals surface area (Å²) < 4.78 is 0. The van der Waals surface area contributed by atoms with E-state index in [9.17, 15) is 9.59 Å². The molecule has 0 rings (SSSR count). The van der Waals surface area contributed by atoms with Crippen LogP contribution in [0.1, 0.15) is 0 Å². The van der Waals surface area contributed by atoms with Crippen LogP contribution in [0.5, 0.6) is 0 Å². The Bertz CT molecular complexity index is 203.